The van der Waals surface area contributed by atoms with Crippen LogP contribution in [0.5, 0.6) is 5.75 Å². The van der Waals surface area contributed by atoms with E-state index in [4.69, 9.17) is 27.9 Å². The summed E-state index contributed by atoms with van der Waals surface area (Å²) in [7, 11) is 1.54. The first-order valence-electron chi connectivity index (χ1n) is 17.7. The highest BCUT2D eigenvalue weighted by atomic mass is 35.5. The van der Waals surface area contributed by atoms with Crippen LogP contribution in [0.15, 0.2) is 67.1 Å². The van der Waals surface area contributed by atoms with Crippen molar-refractivity contribution in [3.63, 3.8) is 0 Å². The molecule has 3 fully saturated rings. The first kappa shape index (κ1) is 36.7. The van der Waals surface area contributed by atoms with Crippen LogP contribution in [-0.4, -0.2) is 116 Å². The molecule has 0 saturated carbocycles. The van der Waals surface area contributed by atoms with E-state index in [-0.39, 0.29) is 18.4 Å². The van der Waals surface area contributed by atoms with Gasteiger partial charge in [-0.05, 0) is 110 Å². The number of hydrogen-bond donors (Lipinski definition) is 2. The molecule has 2 aromatic heterocycles. The summed E-state index contributed by atoms with van der Waals surface area (Å²) in [5, 5.41) is 23.5. The van der Waals surface area contributed by atoms with Gasteiger partial charge >= 0.3 is 5.97 Å². The lowest BCUT2D eigenvalue weighted by Gasteiger charge is -2.42. The summed E-state index contributed by atoms with van der Waals surface area (Å²) >= 11 is 12.9. The Labute approximate surface area is 317 Å². The van der Waals surface area contributed by atoms with Gasteiger partial charge in [0.15, 0.2) is 0 Å². The average molecular weight is 763 g/mol. The summed E-state index contributed by atoms with van der Waals surface area (Å²) < 4.78 is 7.09. The van der Waals surface area contributed by atoms with Gasteiger partial charge in [0.1, 0.15) is 12.1 Å². The maximum atomic E-state index is 14.2. The van der Waals surface area contributed by atoms with E-state index in [1.165, 1.54) is 11.0 Å². The van der Waals surface area contributed by atoms with Crippen molar-refractivity contribution in [1.82, 2.24) is 45.4 Å². The number of ether oxygens (including phenoxy) is 1. The maximum absolute atomic E-state index is 14.2. The standard InChI is InChI=1S/C37H41Cl2N9O5/c1-53-31-8-6-27(48-24-41-43-44-48)21-28(31)33(49)46-19-11-36(23-46,26-5-7-29(38)30(39)20-26)10-16-45-17-12-37(13-18-45,32-4-2-3-14-40-32)35(52)42-47-15-9-25(22-47)34(50)51/h2-8,14,20-21,24-25H,9-13,15-19,22-23H2,1H3,(H,42,52)(H,50,51). The second-order valence-electron chi connectivity index (χ2n) is 14.1. The number of rotatable bonds is 11. The molecule has 3 saturated heterocycles. The normalized spacial score (nSPS) is 21.8. The zero-order valence-electron chi connectivity index (χ0n) is 29.3. The highest BCUT2D eigenvalue weighted by Gasteiger charge is 2.47. The number of amides is 2. The number of likely N-dealkylation sites (tertiary alicyclic amines) is 2. The molecule has 0 radical (unpaired) electrons. The van der Waals surface area contributed by atoms with Crippen molar-refractivity contribution >= 4 is 41.0 Å². The van der Waals surface area contributed by atoms with Crippen LogP contribution < -0.4 is 10.2 Å². The van der Waals surface area contributed by atoms with Gasteiger partial charge in [0.2, 0.25) is 5.91 Å². The van der Waals surface area contributed by atoms with Gasteiger partial charge < -0.3 is 19.6 Å². The highest BCUT2D eigenvalue weighted by molar-refractivity contribution is 6.42. The van der Waals surface area contributed by atoms with E-state index < -0.39 is 22.7 Å². The zero-order chi connectivity index (χ0) is 37.2. The topological polar surface area (TPSA) is 159 Å². The Morgan fingerprint density at radius 1 is 1.00 bits per heavy atom. The fourth-order valence-electron chi connectivity index (χ4n) is 8.00. The monoisotopic (exact) mass is 761 g/mol. The molecule has 7 rings (SSSR count). The van der Waals surface area contributed by atoms with Crippen LogP contribution in [0, 0.1) is 5.92 Å². The Morgan fingerprint density at radius 2 is 1.83 bits per heavy atom. The number of aromatic nitrogens is 5. The summed E-state index contributed by atoms with van der Waals surface area (Å²) in [4.78, 5) is 48.6. The molecule has 5 heterocycles. The van der Waals surface area contributed by atoms with E-state index in [2.05, 4.69) is 30.8 Å². The van der Waals surface area contributed by atoms with Gasteiger partial charge in [0.05, 0.1) is 45.4 Å². The number of nitrogens with zero attached hydrogens (tertiary/aromatic N) is 8. The number of hydrogen-bond acceptors (Lipinski definition) is 10. The number of tetrazole rings is 1. The molecule has 4 aromatic rings. The molecule has 14 nitrogen and oxygen atoms in total. The Bertz CT molecular complexity index is 1960. The summed E-state index contributed by atoms with van der Waals surface area (Å²) in [6.45, 7) is 3.79. The van der Waals surface area contributed by atoms with Crippen molar-refractivity contribution < 1.29 is 24.2 Å². The van der Waals surface area contributed by atoms with Gasteiger partial charge in [0.25, 0.3) is 5.91 Å². The Balaban J connectivity index is 1.08. The van der Waals surface area contributed by atoms with Crippen LogP contribution in [-0.2, 0) is 20.4 Å². The number of hydrazine groups is 1. The van der Waals surface area contributed by atoms with Gasteiger partial charge in [-0.2, -0.15) is 0 Å². The Kier molecular flexibility index (Phi) is 10.7. The van der Waals surface area contributed by atoms with Gasteiger partial charge in [-0.15, -0.1) is 5.10 Å². The summed E-state index contributed by atoms with van der Waals surface area (Å²) in [5.74, 6) is -1.21. The number of pyridine rings is 1. The van der Waals surface area contributed by atoms with Crippen molar-refractivity contribution in [3.05, 3.63) is 94.0 Å². The molecule has 2 N–H and O–H groups in total. The van der Waals surface area contributed by atoms with Crippen LogP contribution >= 0.6 is 23.2 Å². The second-order valence-corrected chi connectivity index (χ2v) is 14.9. The number of carbonyl (C=O) groups excluding carboxylic acids is 2. The lowest BCUT2D eigenvalue weighted by atomic mass is 9.73. The number of aliphatic carboxylic acids is 1. The number of halogens is 2. The number of carbonyl (C=O) groups is 3. The first-order chi connectivity index (χ1) is 25.6. The summed E-state index contributed by atoms with van der Waals surface area (Å²) in [6, 6.07) is 16.6. The molecule has 16 heteroatoms. The fourth-order valence-corrected chi connectivity index (χ4v) is 8.30. The van der Waals surface area contributed by atoms with Gasteiger partial charge in [-0.1, -0.05) is 35.3 Å². The molecule has 0 bridgehead atoms. The van der Waals surface area contributed by atoms with Crippen molar-refractivity contribution in [3.8, 4) is 11.4 Å². The second kappa shape index (κ2) is 15.4. The molecular formula is C37H41Cl2N9O5. The minimum Gasteiger partial charge on any atom is -0.496 e. The summed E-state index contributed by atoms with van der Waals surface area (Å²) in [6.07, 6.45) is 6.22. The van der Waals surface area contributed by atoms with E-state index in [1.807, 2.05) is 41.3 Å². The molecule has 2 unspecified atom stereocenters. The molecule has 2 aromatic carbocycles. The van der Waals surface area contributed by atoms with E-state index in [0.29, 0.717) is 91.1 Å². The van der Waals surface area contributed by atoms with E-state index in [9.17, 15) is 19.5 Å². The van der Waals surface area contributed by atoms with E-state index in [1.54, 1.807) is 36.5 Å². The Hall–Kier alpha value is -4.63. The molecule has 0 spiro atoms. The lowest BCUT2D eigenvalue weighted by molar-refractivity contribution is -0.142. The smallest absolute Gasteiger partial charge is 0.307 e. The number of methoxy groups -OCH3 is 1. The number of piperidine rings is 1. The highest BCUT2D eigenvalue weighted by Crippen LogP contribution is 2.42. The third-order valence-corrected chi connectivity index (χ3v) is 11.9. The molecule has 2 amide bonds. The number of benzene rings is 2. The van der Waals surface area contributed by atoms with E-state index in [0.717, 1.165) is 18.5 Å². The molecule has 3 aliphatic rings. The third-order valence-electron chi connectivity index (χ3n) is 11.2. The number of carboxylic acids is 1. The predicted octanol–water partition coefficient (Wildman–Crippen LogP) is 4.02. The van der Waals surface area contributed by atoms with Gasteiger partial charge in [0, 0.05) is 37.8 Å². The number of carboxylic acid groups (broad SMARTS) is 1. The lowest BCUT2D eigenvalue weighted by Crippen LogP contribution is -2.56. The van der Waals surface area contributed by atoms with Crippen LogP contribution in [0.3, 0.4) is 0 Å². The molecule has 3 aliphatic heterocycles. The first-order valence-corrected chi connectivity index (χ1v) is 18.5. The minimum atomic E-state index is -0.854. The average Bonchev–Trinajstić information content (AvgIpc) is 3.98. The fraction of sp³-hybridized carbons (Fsp3) is 0.432. The minimum absolute atomic E-state index is 0.154. The molecule has 278 valence electrons. The maximum Gasteiger partial charge on any atom is 0.307 e. The zero-order valence-corrected chi connectivity index (χ0v) is 30.8. The van der Waals surface area contributed by atoms with Crippen molar-refractivity contribution in [2.45, 2.75) is 42.9 Å². The Morgan fingerprint density at radius 3 is 2.51 bits per heavy atom. The molecule has 2 atom stereocenters. The molecule has 0 aliphatic carbocycles. The van der Waals surface area contributed by atoms with E-state index >= 15 is 0 Å². The van der Waals surface area contributed by atoms with Crippen LogP contribution in [0.25, 0.3) is 5.69 Å². The third kappa shape index (κ3) is 7.45. The van der Waals surface area contributed by atoms with Gasteiger partial charge in [-0.25, -0.2) is 9.69 Å². The van der Waals surface area contributed by atoms with Crippen LogP contribution in [0.1, 0.15) is 53.7 Å². The largest absolute Gasteiger partial charge is 0.496 e. The summed E-state index contributed by atoms with van der Waals surface area (Å²) in [5.41, 5.74) is 4.56. The molecule has 53 heavy (non-hydrogen) atoms. The predicted molar refractivity (Wildman–Crippen MR) is 196 cm³/mol. The van der Waals surface area contributed by atoms with Crippen molar-refractivity contribution in [2.75, 3.05) is 52.9 Å². The number of nitrogens with one attached hydrogen (secondary N) is 1. The van der Waals surface area contributed by atoms with Gasteiger partial charge in [-0.3, -0.25) is 24.8 Å². The molecular weight excluding hydrogens is 721 g/mol. The quantitative estimate of drug-likeness (QED) is 0.228. The van der Waals surface area contributed by atoms with Crippen LogP contribution in [0.2, 0.25) is 10.0 Å². The SMILES string of the molecule is COc1ccc(-n2cnnn2)cc1C(=O)N1CCC(CCN2CCC(C(=O)NN3CCC(C(=O)O)C3)(c3ccccn3)CC2)(c2ccc(Cl)c(Cl)c2)C1. The van der Waals surface area contributed by atoms with Crippen LogP contribution in [0.4, 0.5) is 0 Å². The van der Waals surface area contributed by atoms with Crippen molar-refractivity contribution in [2.24, 2.45) is 5.92 Å². The van der Waals surface area contributed by atoms with Crippen molar-refractivity contribution in [1.29, 1.82) is 0 Å².